The Hall–Kier alpha value is -2.98. The highest BCUT2D eigenvalue weighted by Gasteiger charge is 2.12. The molecule has 2 N–H and O–H groups in total. The number of rotatable bonds is 6. The first-order valence-electron chi connectivity index (χ1n) is 8.18. The lowest BCUT2D eigenvalue weighted by atomic mass is 10.1. The number of anilines is 1. The van der Waals surface area contributed by atoms with Gasteiger partial charge in [-0.2, -0.15) is 0 Å². The van der Waals surface area contributed by atoms with E-state index < -0.39 is 5.91 Å². The van der Waals surface area contributed by atoms with Gasteiger partial charge in [0.15, 0.2) is 0 Å². The first-order valence-corrected chi connectivity index (χ1v) is 8.56. The number of phenolic OH excluding ortho intramolecular Hbond substituents is 1. The number of nitrogens with one attached hydrogen (secondary N) is 1. The first kappa shape index (κ1) is 17.8. The van der Waals surface area contributed by atoms with Gasteiger partial charge < -0.3 is 15.2 Å². The van der Waals surface area contributed by atoms with Gasteiger partial charge in [0.25, 0.3) is 5.91 Å². The average molecular weight is 368 g/mol. The molecule has 0 aliphatic heterocycles. The molecule has 0 aliphatic rings. The minimum atomic E-state index is -0.414. The van der Waals surface area contributed by atoms with Crippen molar-refractivity contribution < 1.29 is 14.6 Å². The molecular formula is C21H18ClNO3. The molecule has 0 unspecified atom stereocenters. The molecule has 1 amide bonds. The zero-order chi connectivity index (χ0) is 18.4. The van der Waals surface area contributed by atoms with E-state index in [1.54, 1.807) is 6.07 Å². The Labute approximate surface area is 157 Å². The number of carbonyl (C=O) groups excluding carboxylic acids is 1. The van der Waals surface area contributed by atoms with Crippen LogP contribution in [0.3, 0.4) is 0 Å². The summed E-state index contributed by atoms with van der Waals surface area (Å²) in [4.78, 5) is 12.3. The van der Waals surface area contributed by atoms with Gasteiger partial charge in [0.05, 0.1) is 12.2 Å². The molecule has 0 radical (unpaired) electrons. The van der Waals surface area contributed by atoms with E-state index in [0.29, 0.717) is 23.7 Å². The summed E-state index contributed by atoms with van der Waals surface area (Å²) < 4.78 is 5.69. The van der Waals surface area contributed by atoms with E-state index in [0.717, 1.165) is 11.3 Å². The lowest BCUT2D eigenvalue weighted by Crippen LogP contribution is -2.12. The molecule has 3 aromatic carbocycles. The summed E-state index contributed by atoms with van der Waals surface area (Å²) in [6.07, 6.45) is 0.709. The Morgan fingerprint density at radius 1 is 1.00 bits per heavy atom. The van der Waals surface area contributed by atoms with Crippen LogP contribution in [0.15, 0.2) is 72.8 Å². The summed E-state index contributed by atoms with van der Waals surface area (Å²) in [5, 5.41) is 13.0. The van der Waals surface area contributed by atoms with E-state index >= 15 is 0 Å². The van der Waals surface area contributed by atoms with Crippen LogP contribution in [0.2, 0.25) is 5.02 Å². The summed E-state index contributed by atoms with van der Waals surface area (Å²) in [7, 11) is 0. The molecule has 0 saturated heterocycles. The Balaban J connectivity index is 1.62. The standard InChI is InChI=1S/C21H18ClNO3/c22-16-9-10-20(24)19(14-16)21(25)23-17-6-4-5-15(13-17)11-12-26-18-7-2-1-3-8-18/h1-10,13-14,24H,11-12H2,(H,23,25). The van der Waals surface area contributed by atoms with Crippen LogP contribution in [-0.2, 0) is 6.42 Å². The van der Waals surface area contributed by atoms with Crippen molar-refractivity contribution >= 4 is 23.2 Å². The topological polar surface area (TPSA) is 58.6 Å². The number of ether oxygens (including phenoxy) is 1. The molecule has 3 aromatic rings. The molecule has 0 bridgehead atoms. The van der Waals surface area contributed by atoms with Gasteiger partial charge in [-0.3, -0.25) is 4.79 Å². The molecule has 0 saturated carbocycles. The zero-order valence-electron chi connectivity index (χ0n) is 14.0. The Kier molecular flexibility index (Phi) is 5.77. The van der Waals surface area contributed by atoms with Crippen LogP contribution in [0.25, 0.3) is 0 Å². The molecule has 0 fully saturated rings. The van der Waals surface area contributed by atoms with Crippen molar-refractivity contribution in [3.8, 4) is 11.5 Å². The highest BCUT2D eigenvalue weighted by Crippen LogP contribution is 2.23. The molecule has 0 heterocycles. The normalized spacial score (nSPS) is 10.3. The zero-order valence-corrected chi connectivity index (χ0v) is 14.7. The van der Waals surface area contributed by atoms with Gasteiger partial charge in [-0.05, 0) is 48.0 Å². The maximum absolute atomic E-state index is 12.3. The molecule has 0 aromatic heterocycles. The molecule has 0 atom stereocenters. The van der Waals surface area contributed by atoms with Crippen molar-refractivity contribution in [1.29, 1.82) is 0 Å². The highest BCUT2D eigenvalue weighted by atomic mass is 35.5. The fourth-order valence-corrected chi connectivity index (χ4v) is 2.67. The SMILES string of the molecule is O=C(Nc1cccc(CCOc2ccccc2)c1)c1cc(Cl)ccc1O. The largest absolute Gasteiger partial charge is 0.507 e. The number of phenols is 1. The number of halogens is 1. The van der Waals surface area contributed by atoms with Crippen molar-refractivity contribution in [3.63, 3.8) is 0 Å². The fourth-order valence-electron chi connectivity index (χ4n) is 2.50. The van der Waals surface area contributed by atoms with Gasteiger partial charge in [0.1, 0.15) is 11.5 Å². The van der Waals surface area contributed by atoms with Crippen LogP contribution in [-0.4, -0.2) is 17.6 Å². The van der Waals surface area contributed by atoms with E-state index in [-0.39, 0.29) is 11.3 Å². The summed E-state index contributed by atoms with van der Waals surface area (Å²) in [6, 6.07) is 21.5. The quantitative estimate of drug-likeness (QED) is 0.650. The maximum atomic E-state index is 12.3. The van der Waals surface area contributed by atoms with Gasteiger partial charge in [0.2, 0.25) is 0 Å². The fraction of sp³-hybridized carbons (Fsp3) is 0.0952. The minimum Gasteiger partial charge on any atom is -0.507 e. The number of hydrogen-bond donors (Lipinski definition) is 2. The van der Waals surface area contributed by atoms with Gasteiger partial charge in [-0.25, -0.2) is 0 Å². The molecule has 26 heavy (non-hydrogen) atoms. The van der Waals surface area contributed by atoms with E-state index in [2.05, 4.69) is 5.32 Å². The van der Waals surface area contributed by atoms with Crippen LogP contribution in [0, 0.1) is 0 Å². The number of para-hydroxylation sites is 1. The second-order valence-corrected chi connectivity index (χ2v) is 6.16. The minimum absolute atomic E-state index is 0.112. The molecule has 132 valence electrons. The van der Waals surface area contributed by atoms with Crippen LogP contribution in [0.4, 0.5) is 5.69 Å². The molecule has 0 spiro atoms. The van der Waals surface area contributed by atoms with Gasteiger partial charge in [-0.15, -0.1) is 0 Å². The third kappa shape index (κ3) is 4.77. The molecular weight excluding hydrogens is 350 g/mol. The second kappa shape index (κ2) is 8.41. The van der Waals surface area contributed by atoms with Crippen molar-refractivity contribution in [2.24, 2.45) is 0 Å². The third-order valence-corrected chi connectivity index (χ3v) is 4.03. The van der Waals surface area contributed by atoms with E-state index in [1.165, 1.54) is 18.2 Å². The third-order valence-electron chi connectivity index (χ3n) is 3.79. The summed E-state index contributed by atoms with van der Waals surface area (Å²) in [5.41, 5.74) is 1.82. The average Bonchev–Trinajstić information content (AvgIpc) is 2.65. The maximum Gasteiger partial charge on any atom is 0.259 e. The molecule has 5 heteroatoms. The van der Waals surface area contributed by atoms with Crippen molar-refractivity contribution in [2.45, 2.75) is 6.42 Å². The van der Waals surface area contributed by atoms with Gasteiger partial charge in [-0.1, -0.05) is 41.9 Å². The number of carbonyl (C=O) groups is 1. The Bertz CT molecular complexity index is 897. The lowest BCUT2D eigenvalue weighted by molar-refractivity contribution is 0.102. The monoisotopic (exact) mass is 367 g/mol. The Morgan fingerprint density at radius 2 is 1.81 bits per heavy atom. The van der Waals surface area contributed by atoms with Crippen molar-refractivity contribution in [3.05, 3.63) is 88.9 Å². The van der Waals surface area contributed by atoms with Crippen LogP contribution in [0.1, 0.15) is 15.9 Å². The lowest BCUT2D eigenvalue weighted by Gasteiger charge is -2.10. The van der Waals surface area contributed by atoms with E-state index in [9.17, 15) is 9.90 Å². The molecule has 4 nitrogen and oxygen atoms in total. The smallest absolute Gasteiger partial charge is 0.259 e. The van der Waals surface area contributed by atoms with Gasteiger partial charge >= 0.3 is 0 Å². The van der Waals surface area contributed by atoms with Crippen LogP contribution in [0.5, 0.6) is 11.5 Å². The van der Waals surface area contributed by atoms with E-state index in [4.69, 9.17) is 16.3 Å². The number of aromatic hydroxyl groups is 1. The first-order chi connectivity index (χ1) is 12.6. The second-order valence-electron chi connectivity index (χ2n) is 5.73. The van der Waals surface area contributed by atoms with Crippen LogP contribution >= 0.6 is 11.6 Å². The summed E-state index contributed by atoms with van der Waals surface area (Å²) in [5.74, 6) is 0.301. The number of hydrogen-bond acceptors (Lipinski definition) is 3. The van der Waals surface area contributed by atoms with Crippen molar-refractivity contribution in [1.82, 2.24) is 0 Å². The van der Waals surface area contributed by atoms with Crippen LogP contribution < -0.4 is 10.1 Å². The Morgan fingerprint density at radius 3 is 2.62 bits per heavy atom. The van der Waals surface area contributed by atoms with Gasteiger partial charge in [0, 0.05) is 17.1 Å². The number of benzene rings is 3. The molecule has 3 rings (SSSR count). The predicted octanol–water partition coefficient (Wildman–Crippen LogP) is 4.92. The predicted molar refractivity (Wildman–Crippen MR) is 103 cm³/mol. The van der Waals surface area contributed by atoms with E-state index in [1.807, 2.05) is 48.5 Å². The number of amides is 1. The van der Waals surface area contributed by atoms with Crippen molar-refractivity contribution in [2.75, 3.05) is 11.9 Å². The summed E-state index contributed by atoms with van der Waals surface area (Å²) >= 11 is 5.89. The highest BCUT2D eigenvalue weighted by molar-refractivity contribution is 6.31. The molecule has 0 aliphatic carbocycles. The summed E-state index contributed by atoms with van der Waals surface area (Å²) in [6.45, 7) is 0.538.